The molecule has 0 bridgehead atoms. The predicted octanol–water partition coefficient (Wildman–Crippen LogP) is 2.82. The van der Waals surface area contributed by atoms with Gasteiger partial charge in [0, 0.05) is 38.3 Å². The first kappa shape index (κ1) is 20.5. The number of hydrogen-bond donors (Lipinski definition) is 1. The first-order chi connectivity index (χ1) is 14.6. The van der Waals surface area contributed by atoms with Gasteiger partial charge >= 0.3 is 0 Å². The second kappa shape index (κ2) is 8.96. The lowest BCUT2D eigenvalue weighted by atomic mass is 9.89. The van der Waals surface area contributed by atoms with Crippen molar-refractivity contribution in [3.8, 4) is 11.1 Å². The van der Waals surface area contributed by atoms with E-state index in [2.05, 4.69) is 16.4 Å². The summed E-state index contributed by atoms with van der Waals surface area (Å²) in [5.41, 5.74) is 2.07. The molecule has 1 aromatic heterocycles. The number of nitrogens with zero attached hydrogens (tertiary/aromatic N) is 2. The molecule has 1 saturated heterocycles. The van der Waals surface area contributed by atoms with Crippen LogP contribution in [0.1, 0.15) is 31.2 Å². The Kier molecular flexibility index (Phi) is 6.13. The summed E-state index contributed by atoms with van der Waals surface area (Å²) in [6.45, 7) is 1.21. The second-order valence-electron chi connectivity index (χ2n) is 8.28. The molecule has 2 amide bonds. The zero-order valence-electron chi connectivity index (χ0n) is 17.5. The molecule has 1 aromatic carbocycles. The van der Waals surface area contributed by atoms with Gasteiger partial charge in [-0.2, -0.15) is 0 Å². The lowest BCUT2D eigenvalue weighted by Crippen LogP contribution is -2.62. The Morgan fingerprint density at radius 2 is 1.93 bits per heavy atom. The number of morpholine rings is 1. The van der Waals surface area contributed by atoms with Gasteiger partial charge in [-0.1, -0.05) is 37.1 Å². The van der Waals surface area contributed by atoms with Crippen LogP contribution in [0, 0.1) is 5.92 Å². The fourth-order valence-electron chi connectivity index (χ4n) is 4.69. The van der Waals surface area contributed by atoms with Crippen molar-refractivity contribution >= 4 is 11.8 Å². The molecule has 30 heavy (non-hydrogen) atoms. The fraction of sp³-hybridized carbons (Fsp3) is 0.458. The summed E-state index contributed by atoms with van der Waals surface area (Å²) in [7, 11) is 1.62. The predicted molar refractivity (Wildman–Crippen MR) is 115 cm³/mol. The van der Waals surface area contributed by atoms with Crippen LogP contribution in [0.3, 0.4) is 0 Å². The molecule has 2 aliphatic rings. The van der Waals surface area contributed by atoms with Crippen molar-refractivity contribution in [3.05, 3.63) is 54.4 Å². The normalized spacial score (nSPS) is 22.1. The zero-order chi connectivity index (χ0) is 21.0. The summed E-state index contributed by atoms with van der Waals surface area (Å²) in [5, 5.41) is 2.76. The van der Waals surface area contributed by atoms with Crippen molar-refractivity contribution in [2.24, 2.45) is 5.92 Å². The summed E-state index contributed by atoms with van der Waals surface area (Å²) in [6.07, 6.45) is 8.09. The molecule has 0 spiro atoms. The van der Waals surface area contributed by atoms with E-state index in [0.717, 1.165) is 42.4 Å². The number of aromatic nitrogens is 1. The molecule has 1 atom stereocenters. The number of ether oxygens (including phenoxy) is 1. The highest BCUT2D eigenvalue weighted by Crippen LogP contribution is 2.31. The van der Waals surface area contributed by atoms with Gasteiger partial charge in [-0.3, -0.25) is 14.6 Å². The Balaban J connectivity index is 1.58. The number of likely N-dealkylation sites (N-methyl/N-ethyl adjacent to an activating group) is 1. The molecule has 1 N–H and O–H groups in total. The number of carbonyl (C=O) groups excluding carboxylic acids is 2. The van der Waals surface area contributed by atoms with Crippen molar-refractivity contribution in [1.82, 2.24) is 15.2 Å². The summed E-state index contributed by atoms with van der Waals surface area (Å²) in [5.74, 6) is 0.0934. The molecule has 1 unspecified atom stereocenters. The molecule has 4 rings (SSSR count). The second-order valence-corrected chi connectivity index (χ2v) is 8.28. The summed E-state index contributed by atoms with van der Waals surface area (Å²) in [6, 6.07) is 12.1. The van der Waals surface area contributed by atoms with Crippen LogP contribution in [0.5, 0.6) is 0 Å². The Morgan fingerprint density at radius 3 is 2.67 bits per heavy atom. The zero-order valence-corrected chi connectivity index (χ0v) is 17.5. The topological polar surface area (TPSA) is 71.5 Å². The van der Waals surface area contributed by atoms with E-state index >= 15 is 0 Å². The van der Waals surface area contributed by atoms with Gasteiger partial charge in [0.25, 0.3) is 5.91 Å². The van der Waals surface area contributed by atoms with Crippen LogP contribution in [0.25, 0.3) is 11.1 Å². The third kappa shape index (κ3) is 4.24. The van der Waals surface area contributed by atoms with Gasteiger partial charge in [0.1, 0.15) is 0 Å². The highest BCUT2D eigenvalue weighted by atomic mass is 16.5. The van der Waals surface area contributed by atoms with E-state index in [1.165, 1.54) is 0 Å². The number of carbonyl (C=O) groups is 2. The monoisotopic (exact) mass is 407 g/mol. The molecular formula is C24H29N3O3. The van der Waals surface area contributed by atoms with Crippen LogP contribution in [0.2, 0.25) is 0 Å². The van der Waals surface area contributed by atoms with Crippen molar-refractivity contribution < 1.29 is 14.3 Å². The summed E-state index contributed by atoms with van der Waals surface area (Å²) < 4.78 is 6.09. The van der Waals surface area contributed by atoms with Crippen LogP contribution in [0.4, 0.5) is 0 Å². The maximum atomic E-state index is 13.0. The van der Waals surface area contributed by atoms with Crippen LogP contribution < -0.4 is 5.32 Å². The molecule has 2 aromatic rings. The molecule has 6 heteroatoms. The summed E-state index contributed by atoms with van der Waals surface area (Å²) >= 11 is 0. The average molecular weight is 408 g/mol. The van der Waals surface area contributed by atoms with Gasteiger partial charge in [-0.05, 0) is 41.7 Å². The maximum Gasteiger partial charge on any atom is 0.254 e. The molecule has 2 heterocycles. The molecule has 1 aliphatic carbocycles. The van der Waals surface area contributed by atoms with E-state index in [9.17, 15) is 9.59 Å². The third-order valence-corrected chi connectivity index (χ3v) is 6.27. The number of nitrogens with one attached hydrogen (secondary N) is 1. The molecule has 6 nitrogen and oxygen atoms in total. The minimum Gasteiger partial charge on any atom is -0.361 e. The third-order valence-electron chi connectivity index (χ3n) is 6.27. The smallest absolute Gasteiger partial charge is 0.254 e. The Morgan fingerprint density at radius 1 is 1.17 bits per heavy atom. The molecule has 0 radical (unpaired) electrons. The first-order valence-corrected chi connectivity index (χ1v) is 10.8. The van der Waals surface area contributed by atoms with E-state index in [-0.39, 0.29) is 17.7 Å². The largest absolute Gasteiger partial charge is 0.361 e. The maximum absolute atomic E-state index is 13.0. The number of rotatable bonds is 5. The summed E-state index contributed by atoms with van der Waals surface area (Å²) in [4.78, 5) is 31.9. The van der Waals surface area contributed by atoms with Crippen LogP contribution in [-0.4, -0.2) is 54.0 Å². The quantitative estimate of drug-likeness (QED) is 0.827. The van der Waals surface area contributed by atoms with E-state index < -0.39 is 5.60 Å². The van der Waals surface area contributed by atoms with Crippen molar-refractivity contribution in [2.75, 3.05) is 26.7 Å². The number of pyridine rings is 1. The Hall–Kier alpha value is -2.73. The van der Waals surface area contributed by atoms with Crippen molar-refractivity contribution in [3.63, 3.8) is 0 Å². The van der Waals surface area contributed by atoms with Crippen LogP contribution in [0.15, 0.2) is 48.8 Å². The van der Waals surface area contributed by atoms with Gasteiger partial charge in [0.2, 0.25) is 5.91 Å². The van der Waals surface area contributed by atoms with Gasteiger partial charge in [-0.15, -0.1) is 0 Å². The van der Waals surface area contributed by atoms with E-state index in [1.54, 1.807) is 19.4 Å². The van der Waals surface area contributed by atoms with Crippen LogP contribution in [-0.2, 0) is 20.7 Å². The first-order valence-electron chi connectivity index (χ1n) is 10.8. The lowest BCUT2D eigenvalue weighted by molar-refractivity contribution is -0.167. The standard InChI is InChI=1S/C24H29N3O3/c1-25-23(29)24(17-27(13-14-30-24)22(28)20-6-2-3-7-20)16-18-5-4-8-21(15-18)19-9-11-26-12-10-19/h4-5,8-12,15,20H,2-3,6-7,13-14,16-17H2,1H3,(H,25,29). The molecule has 2 fully saturated rings. The Bertz CT molecular complexity index is 896. The van der Waals surface area contributed by atoms with Crippen LogP contribution >= 0.6 is 0 Å². The highest BCUT2D eigenvalue weighted by molar-refractivity contribution is 5.87. The minimum absolute atomic E-state index is 0.0977. The average Bonchev–Trinajstić information content (AvgIpc) is 3.34. The van der Waals surface area contributed by atoms with Gasteiger partial charge in [-0.25, -0.2) is 0 Å². The van der Waals surface area contributed by atoms with Crippen molar-refractivity contribution in [2.45, 2.75) is 37.7 Å². The molecule has 1 saturated carbocycles. The number of amides is 2. The van der Waals surface area contributed by atoms with Gasteiger partial charge < -0.3 is 15.0 Å². The SMILES string of the molecule is CNC(=O)C1(Cc2cccc(-c3ccncc3)c2)CN(C(=O)C2CCCC2)CCO1. The Labute approximate surface area is 177 Å². The lowest BCUT2D eigenvalue weighted by Gasteiger charge is -2.42. The van der Waals surface area contributed by atoms with Gasteiger partial charge in [0.05, 0.1) is 13.2 Å². The molecular weight excluding hydrogens is 378 g/mol. The minimum atomic E-state index is -1.07. The number of hydrogen-bond acceptors (Lipinski definition) is 4. The highest BCUT2D eigenvalue weighted by Gasteiger charge is 2.45. The van der Waals surface area contributed by atoms with Crippen molar-refractivity contribution in [1.29, 1.82) is 0 Å². The van der Waals surface area contributed by atoms with E-state index in [4.69, 9.17) is 4.74 Å². The fourth-order valence-corrected chi connectivity index (χ4v) is 4.69. The molecule has 158 valence electrons. The number of benzene rings is 1. The van der Waals surface area contributed by atoms with E-state index in [1.807, 2.05) is 35.2 Å². The van der Waals surface area contributed by atoms with Gasteiger partial charge in [0.15, 0.2) is 5.60 Å². The van der Waals surface area contributed by atoms with E-state index in [0.29, 0.717) is 26.1 Å². The molecule has 1 aliphatic heterocycles.